The molecule has 0 aliphatic carbocycles. The number of benzene rings is 1. The molecule has 0 aliphatic heterocycles. The molecule has 0 unspecified atom stereocenters. The van der Waals surface area contributed by atoms with Gasteiger partial charge in [0.25, 0.3) is 0 Å². The summed E-state index contributed by atoms with van der Waals surface area (Å²) in [7, 11) is 0. The van der Waals surface area contributed by atoms with Gasteiger partial charge in [-0.1, -0.05) is 29.8 Å². The third-order valence-corrected chi connectivity index (χ3v) is 2.32. The number of rotatable bonds is 0. The largest absolute Gasteiger partial charge is 0.417 e. The summed E-state index contributed by atoms with van der Waals surface area (Å²) in [5.74, 6) is 0. The minimum Gasteiger partial charge on any atom is -0.398 e. The lowest BCUT2D eigenvalue weighted by molar-refractivity contribution is -0.138. The molecule has 1 aromatic carbocycles. The van der Waals surface area contributed by atoms with Gasteiger partial charge in [0.05, 0.1) is 5.56 Å². The third kappa shape index (κ3) is 3.74. The predicted octanol–water partition coefficient (Wildman–Crippen LogP) is 4.38. The molecule has 0 heterocycles. The van der Waals surface area contributed by atoms with Crippen molar-refractivity contribution in [2.75, 3.05) is 5.73 Å². The van der Waals surface area contributed by atoms with Crippen LogP contribution < -0.4 is 5.73 Å². The normalized spacial score (nSPS) is 10.6. The Morgan fingerprint density at radius 3 is 2.07 bits per heavy atom. The summed E-state index contributed by atoms with van der Waals surface area (Å²) in [6, 6.07) is 2.29. The SMILES string of the molecule is CC.Cc1cc(C(F)(F)F)c(Br)cc1N. The molecule has 0 bridgehead atoms. The zero-order valence-corrected chi connectivity index (χ0v) is 10.3. The summed E-state index contributed by atoms with van der Waals surface area (Å²) in [5, 5.41) is 0. The van der Waals surface area contributed by atoms with Crippen molar-refractivity contribution < 1.29 is 13.2 Å². The Kier molecular flexibility index (Phi) is 5.14. The maximum atomic E-state index is 12.3. The summed E-state index contributed by atoms with van der Waals surface area (Å²) < 4.78 is 36.8. The molecule has 5 heteroatoms. The van der Waals surface area contributed by atoms with E-state index in [1.54, 1.807) is 0 Å². The van der Waals surface area contributed by atoms with Crippen molar-refractivity contribution in [1.82, 2.24) is 0 Å². The molecule has 0 atom stereocenters. The molecule has 0 aliphatic rings. The Labute approximate surface area is 95.6 Å². The topological polar surface area (TPSA) is 26.0 Å². The lowest BCUT2D eigenvalue weighted by Crippen LogP contribution is -2.07. The number of hydrogen-bond acceptors (Lipinski definition) is 1. The Bertz CT molecular complexity index is 334. The van der Waals surface area contributed by atoms with E-state index in [-0.39, 0.29) is 4.47 Å². The van der Waals surface area contributed by atoms with Crippen molar-refractivity contribution in [3.8, 4) is 0 Å². The van der Waals surface area contributed by atoms with E-state index < -0.39 is 11.7 Å². The number of anilines is 1. The number of halogens is 4. The van der Waals surface area contributed by atoms with Crippen molar-refractivity contribution in [2.24, 2.45) is 0 Å². The van der Waals surface area contributed by atoms with Gasteiger partial charge < -0.3 is 5.73 Å². The van der Waals surface area contributed by atoms with E-state index >= 15 is 0 Å². The lowest BCUT2D eigenvalue weighted by Gasteiger charge is -2.11. The first kappa shape index (κ1) is 14.3. The fourth-order valence-corrected chi connectivity index (χ4v) is 1.50. The first-order valence-corrected chi connectivity index (χ1v) is 5.24. The van der Waals surface area contributed by atoms with Crippen LogP contribution in [0.1, 0.15) is 25.0 Å². The van der Waals surface area contributed by atoms with Crippen LogP contribution in [0.4, 0.5) is 18.9 Å². The van der Waals surface area contributed by atoms with Crippen LogP contribution in [0, 0.1) is 6.92 Å². The maximum absolute atomic E-state index is 12.3. The predicted molar refractivity (Wildman–Crippen MR) is 59.6 cm³/mol. The Balaban J connectivity index is 0.000000921. The molecule has 1 rings (SSSR count). The van der Waals surface area contributed by atoms with Gasteiger partial charge in [-0.3, -0.25) is 0 Å². The Hall–Kier alpha value is -0.710. The zero-order chi connectivity index (χ0) is 12.2. The summed E-state index contributed by atoms with van der Waals surface area (Å²) in [6.07, 6.45) is -4.34. The summed E-state index contributed by atoms with van der Waals surface area (Å²) in [5.41, 5.74) is 5.51. The molecule has 0 saturated heterocycles. The van der Waals surface area contributed by atoms with Gasteiger partial charge >= 0.3 is 6.18 Å². The van der Waals surface area contributed by atoms with Gasteiger partial charge in [0.2, 0.25) is 0 Å². The van der Waals surface area contributed by atoms with Gasteiger partial charge in [-0.05, 0) is 24.6 Å². The van der Waals surface area contributed by atoms with E-state index in [4.69, 9.17) is 5.73 Å². The molecule has 0 radical (unpaired) electrons. The van der Waals surface area contributed by atoms with Gasteiger partial charge in [0.15, 0.2) is 0 Å². The second-order valence-corrected chi connectivity index (χ2v) is 3.54. The number of hydrogen-bond donors (Lipinski definition) is 1. The average molecular weight is 284 g/mol. The van der Waals surface area contributed by atoms with Crippen LogP contribution in [0.3, 0.4) is 0 Å². The molecule has 0 aromatic heterocycles. The molecule has 0 spiro atoms. The quantitative estimate of drug-likeness (QED) is 0.703. The highest BCUT2D eigenvalue weighted by atomic mass is 79.9. The highest BCUT2D eigenvalue weighted by molar-refractivity contribution is 9.10. The Morgan fingerprint density at radius 2 is 1.67 bits per heavy atom. The van der Waals surface area contributed by atoms with Gasteiger partial charge in [-0.15, -0.1) is 0 Å². The molecule has 0 saturated carbocycles. The molecule has 15 heavy (non-hydrogen) atoms. The fourth-order valence-electron chi connectivity index (χ4n) is 0.914. The number of alkyl halides is 3. The molecular formula is C10H13BrF3N. The van der Waals surface area contributed by atoms with E-state index in [0.29, 0.717) is 11.3 Å². The van der Waals surface area contributed by atoms with Crippen molar-refractivity contribution in [3.05, 3.63) is 27.7 Å². The Morgan fingerprint density at radius 1 is 1.20 bits per heavy atom. The number of nitrogens with two attached hydrogens (primary N) is 1. The summed E-state index contributed by atoms with van der Waals surface area (Å²) >= 11 is 2.82. The van der Waals surface area contributed by atoms with E-state index in [9.17, 15) is 13.2 Å². The lowest BCUT2D eigenvalue weighted by atomic mass is 10.1. The van der Waals surface area contributed by atoms with Crippen LogP contribution in [0.25, 0.3) is 0 Å². The first-order valence-electron chi connectivity index (χ1n) is 4.45. The van der Waals surface area contributed by atoms with Crippen LogP contribution in [0.2, 0.25) is 0 Å². The maximum Gasteiger partial charge on any atom is 0.417 e. The summed E-state index contributed by atoms with van der Waals surface area (Å²) in [4.78, 5) is 0. The smallest absolute Gasteiger partial charge is 0.398 e. The van der Waals surface area contributed by atoms with Crippen LogP contribution in [0.15, 0.2) is 16.6 Å². The van der Waals surface area contributed by atoms with Crippen molar-refractivity contribution >= 4 is 21.6 Å². The molecule has 2 N–H and O–H groups in total. The molecule has 1 nitrogen and oxygen atoms in total. The average Bonchev–Trinajstić information content (AvgIpc) is 2.13. The molecule has 0 amide bonds. The second-order valence-electron chi connectivity index (χ2n) is 2.69. The molecule has 0 fully saturated rings. The highest BCUT2D eigenvalue weighted by Gasteiger charge is 2.33. The van der Waals surface area contributed by atoms with Crippen LogP contribution in [0.5, 0.6) is 0 Å². The van der Waals surface area contributed by atoms with Crippen molar-refractivity contribution in [2.45, 2.75) is 26.9 Å². The minimum absolute atomic E-state index is 0.0249. The fraction of sp³-hybridized carbons (Fsp3) is 0.400. The van der Waals surface area contributed by atoms with Crippen LogP contribution in [-0.2, 0) is 6.18 Å². The zero-order valence-electron chi connectivity index (χ0n) is 8.74. The van der Waals surface area contributed by atoms with Gasteiger partial charge in [-0.25, -0.2) is 0 Å². The third-order valence-electron chi connectivity index (χ3n) is 1.66. The number of aryl methyl sites for hydroxylation is 1. The van der Waals surface area contributed by atoms with Crippen LogP contribution >= 0.6 is 15.9 Å². The van der Waals surface area contributed by atoms with Gasteiger partial charge in [0, 0.05) is 10.2 Å². The highest BCUT2D eigenvalue weighted by Crippen LogP contribution is 2.36. The van der Waals surface area contributed by atoms with Crippen molar-refractivity contribution in [3.63, 3.8) is 0 Å². The molecule has 1 aromatic rings. The van der Waals surface area contributed by atoms with Gasteiger partial charge in [0.1, 0.15) is 0 Å². The standard InChI is InChI=1S/C8H7BrF3N.C2H6/c1-4-2-5(8(10,11)12)6(9)3-7(4)13;1-2/h2-3H,13H2,1H3;1-2H3. The molecular weight excluding hydrogens is 271 g/mol. The first-order chi connectivity index (χ1) is 6.82. The monoisotopic (exact) mass is 283 g/mol. The van der Waals surface area contributed by atoms with E-state index in [1.807, 2.05) is 13.8 Å². The van der Waals surface area contributed by atoms with Gasteiger partial charge in [-0.2, -0.15) is 13.2 Å². The van der Waals surface area contributed by atoms with Crippen molar-refractivity contribution in [1.29, 1.82) is 0 Å². The number of nitrogen functional groups attached to an aromatic ring is 1. The van der Waals surface area contributed by atoms with Crippen LogP contribution in [-0.4, -0.2) is 0 Å². The minimum atomic E-state index is -4.34. The second kappa shape index (κ2) is 5.39. The summed E-state index contributed by atoms with van der Waals surface area (Å²) in [6.45, 7) is 5.54. The van der Waals surface area contributed by atoms with E-state index in [2.05, 4.69) is 15.9 Å². The van der Waals surface area contributed by atoms with E-state index in [0.717, 1.165) is 6.07 Å². The molecule has 86 valence electrons. The van der Waals surface area contributed by atoms with E-state index in [1.165, 1.54) is 13.0 Å².